The largest absolute Gasteiger partial charge is 0.496 e. The number of aliphatic hydroxyl groups excluding tert-OH is 1. The van der Waals surface area contributed by atoms with E-state index in [4.69, 9.17) is 4.74 Å². The molecule has 0 saturated carbocycles. The van der Waals surface area contributed by atoms with Crippen LogP contribution in [0.15, 0.2) is 77.8 Å². The third kappa shape index (κ3) is 5.56. The Morgan fingerprint density at radius 1 is 0.951 bits per heavy atom. The summed E-state index contributed by atoms with van der Waals surface area (Å²) in [7, 11) is -2.63. The second kappa shape index (κ2) is 11.5. The maximum atomic E-state index is 14.6. The Morgan fingerprint density at radius 2 is 1.61 bits per heavy atom. The minimum atomic E-state index is -4.00. The average molecular weight is 579 g/mol. The number of hydrogen-bond acceptors (Lipinski definition) is 7. The van der Waals surface area contributed by atoms with Crippen LogP contribution in [0.4, 0.5) is 10.1 Å². The molecule has 1 saturated heterocycles. The molecule has 2 N–H and O–H groups in total. The summed E-state index contributed by atoms with van der Waals surface area (Å²) < 4.78 is 48.9. The highest BCUT2D eigenvalue weighted by Crippen LogP contribution is 2.28. The van der Waals surface area contributed by atoms with Crippen LogP contribution in [0.1, 0.15) is 26.3 Å². The first kappa shape index (κ1) is 28.0. The summed E-state index contributed by atoms with van der Waals surface area (Å²) >= 11 is 0. The van der Waals surface area contributed by atoms with Gasteiger partial charge in [0.05, 0.1) is 36.0 Å². The number of ether oxygens (including phenoxy) is 1. The van der Waals surface area contributed by atoms with E-state index in [2.05, 4.69) is 9.71 Å². The van der Waals surface area contributed by atoms with E-state index in [0.29, 0.717) is 10.9 Å². The molecule has 2 amide bonds. The van der Waals surface area contributed by atoms with Crippen molar-refractivity contribution in [3.05, 3.63) is 95.4 Å². The Bertz CT molecular complexity index is 1730. The van der Waals surface area contributed by atoms with Gasteiger partial charge in [-0.15, -0.1) is 0 Å². The summed E-state index contributed by atoms with van der Waals surface area (Å²) in [5.41, 5.74) is 0.673. The van der Waals surface area contributed by atoms with Gasteiger partial charge in [0.2, 0.25) is 0 Å². The lowest BCUT2D eigenvalue weighted by Crippen LogP contribution is -2.50. The molecule has 1 aliphatic heterocycles. The van der Waals surface area contributed by atoms with Gasteiger partial charge in [-0.3, -0.25) is 19.3 Å². The van der Waals surface area contributed by atoms with Crippen LogP contribution in [-0.4, -0.2) is 73.4 Å². The Morgan fingerprint density at radius 3 is 2.29 bits per heavy atom. The number of halogens is 1. The molecule has 1 aromatic heterocycles. The molecule has 4 aromatic rings. The summed E-state index contributed by atoms with van der Waals surface area (Å²) in [6.07, 6.45) is 1.52. The maximum absolute atomic E-state index is 14.6. The summed E-state index contributed by atoms with van der Waals surface area (Å²) in [6.45, 7) is 0.270. The van der Waals surface area contributed by atoms with E-state index in [1.54, 1.807) is 29.2 Å². The second-order valence-electron chi connectivity index (χ2n) is 9.37. The van der Waals surface area contributed by atoms with Gasteiger partial charge in [0.25, 0.3) is 21.8 Å². The molecule has 1 fully saturated rings. The number of carbonyl (C=O) groups excluding carboxylic acids is 2. The molecule has 0 aliphatic carbocycles. The lowest BCUT2D eigenvalue weighted by Gasteiger charge is -2.35. The van der Waals surface area contributed by atoms with Gasteiger partial charge in [-0.05, 0) is 30.3 Å². The van der Waals surface area contributed by atoms with Crippen LogP contribution in [0, 0.1) is 5.82 Å². The highest BCUT2D eigenvalue weighted by molar-refractivity contribution is 7.93. The van der Waals surface area contributed by atoms with Gasteiger partial charge in [-0.1, -0.05) is 30.3 Å². The molecule has 0 bridgehead atoms. The Labute approximate surface area is 236 Å². The number of nitrogens with one attached hydrogen (secondary N) is 1. The lowest BCUT2D eigenvalue weighted by molar-refractivity contribution is 0.0530. The van der Waals surface area contributed by atoms with Gasteiger partial charge >= 0.3 is 0 Å². The highest BCUT2D eigenvalue weighted by Gasteiger charge is 2.29. The van der Waals surface area contributed by atoms with E-state index >= 15 is 0 Å². The van der Waals surface area contributed by atoms with Crippen molar-refractivity contribution in [2.45, 2.75) is 11.5 Å². The zero-order valence-corrected chi connectivity index (χ0v) is 22.9. The maximum Gasteiger partial charge on any atom is 0.264 e. The second-order valence-corrected chi connectivity index (χ2v) is 11.0. The van der Waals surface area contributed by atoms with Crippen LogP contribution < -0.4 is 9.46 Å². The minimum absolute atomic E-state index is 0.0186. The Kier molecular flexibility index (Phi) is 7.86. The van der Waals surface area contributed by atoms with E-state index < -0.39 is 28.4 Å². The number of rotatable bonds is 7. The molecule has 2 heterocycles. The molecule has 0 radical (unpaired) electrons. The lowest BCUT2D eigenvalue weighted by atomic mass is 10.1. The van der Waals surface area contributed by atoms with E-state index in [0.717, 1.165) is 0 Å². The summed E-state index contributed by atoms with van der Waals surface area (Å²) in [5.74, 6) is -1.45. The van der Waals surface area contributed by atoms with Crippen molar-refractivity contribution in [1.82, 2.24) is 14.8 Å². The van der Waals surface area contributed by atoms with Crippen LogP contribution in [0.25, 0.3) is 10.9 Å². The molecule has 0 spiro atoms. The molecule has 3 aromatic carbocycles. The number of anilines is 1. The van der Waals surface area contributed by atoms with Gasteiger partial charge in [-0.25, -0.2) is 12.8 Å². The number of fused-ring (bicyclic) bond motifs is 1. The van der Waals surface area contributed by atoms with Gasteiger partial charge in [0.1, 0.15) is 16.5 Å². The number of carbonyl (C=O) groups is 2. The smallest absolute Gasteiger partial charge is 0.264 e. The number of hydrogen-bond donors (Lipinski definition) is 2. The fourth-order valence-electron chi connectivity index (χ4n) is 4.75. The number of nitrogens with zero attached hydrogens (tertiary/aromatic N) is 3. The number of aromatic nitrogens is 1. The number of aliphatic hydroxyl groups is 1. The molecule has 212 valence electrons. The summed E-state index contributed by atoms with van der Waals surface area (Å²) in [6, 6.07) is 17.0. The van der Waals surface area contributed by atoms with Crippen LogP contribution in [0.3, 0.4) is 0 Å². The molecule has 0 unspecified atom stereocenters. The topological polar surface area (TPSA) is 129 Å². The SMILES string of the molecule is COc1cc(NS(=O)(=O)c2cccc3cccnc23)ccc1C(=O)N1CCN(C(=O)c2cccc(CO)c2F)CC1. The van der Waals surface area contributed by atoms with Gasteiger partial charge < -0.3 is 19.6 Å². The standard InChI is InChI=1S/C29H27FN4O6S/c1-40-24-17-21(32-41(38,39)25-9-3-5-19-7-4-12-31-27(19)25)10-11-22(24)28(36)33-13-15-34(16-14-33)29(37)23-8-2-6-20(18-35)26(23)30/h2-12,17,32,35H,13-16,18H2,1H3. The fourth-order valence-corrected chi connectivity index (χ4v) is 5.99. The van der Waals surface area contributed by atoms with Crippen molar-refractivity contribution in [2.75, 3.05) is 38.0 Å². The number of para-hydroxylation sites is 1. The molecular weight excluding hydrogens is 551 g/mol. The summed E-state index contributed by atoms with van der Waals surface area (Å²) in [5, 5.41) is 9.97. The van der Waals surface area contributed by atoms with Gasteiger partial charge in [0, 0.05) is 49.4 Å². The van der Waals surface area contributed by atoms with Crippen LogP contribution in [0.2, 0.25) is 0 Å². The molecule has 12 heteroatoms. The number of piperazine rings is 1. The Balaban J connectivity index is 1.29. The first-order valence-electron chi connectivity index (χ1n) is 12.7. The predicted octanol–water partition coefficient (Wildman–Crippen LogP) is 3.27. The van der Waals surface area contributed by atoms with E-state index in [1.165, 1.54) is 60.7 Å². The monoisotopic (exact) mass is 578 g/mol. The van der Waals surface area contributed by atoms with Gasteiger partial charge in [0.15, 0.2) is 0 Å². The van der Waals surface area contributed by atoms with Crippen molar-refractivity contribution in [1.29, 1.82) is 0 Å². The molecule has 10 nitrogen and oxygen atoms in total. The highest BCUT2D eigenvalue weighted by atomic mass is 32.2. The van der Waals surface area contributed by atoms with E-state index in [-0.39, 0.29) is 65.1 Å². The number of benzene rings is 3. The molecule has 5 rings (SSSR count). The number of pyridine rings is 1. The third-order valence-electron chi connectivity index (χ3n) is 6.90. The van der Waals surface area contributed by atoms with E-state index in [9.17, 15) is 27.5 Å². The van der Waals surface area contributed by atoms with Crippen molar-refractivity contribution in [3.8, 4) is 5.75 Å². The quantitative estimate of drug-likeness (QED) is 0.344. The normalized spacial score (nSPS) is 13.7. The fraction of sp³-hybridized carbons (Fsp3) is 0.207. The van der Waals surface area contributed by atoms with Crippen molar-refractivity contribution >= 4 is 38.4 Å². The molecular formula is C29H27FN4O6S. The van der Waals surface area contributed by atoms with Crippen LogP contribution in [0.5, 0.6) is 5.75 Å². The van der Waals surface area contributed by atoms with Crippen molar-refractivity contribution in [2.24, 2.45) is 0 Å². The summed E-state index contributed by atoms with van der Waals surface area (Å²) in [4.78, 5) is 33.5. The van der Waals surface area contributed by atoms with E-state index in [1.807, 2.05) is 0 Å². The molecule has 1 aliphatic rings. The van der Waals surface area contributed by atoms with Crippen molar-refractivity contribution < 1.29 is 32.2 Å². The minimum Gasteiger partial charge on any atom is -0.496 e. The van der Waals surface area contributed by atoms with Crippen LogP contribution in [-0.2, 0) is 16.6 Å². The first-order chi connectivity index (χ1) is 19.7. The molecule has 0 atom stereocenters. The Hall–Kier alpha value is -4.55. The van der Waals surface area contributed by atoms with Gasteiger partial charge in [-0.2, -0.15) is 0 Å². The van der Waals surface area contributed by atoms with Crippen molar-refractivity contribution in [3.63, 3.8) is 0 Å². The number of amides is 2. The predicted molar refractivity (Wildman–Crippen MR) is 150 cm³/mol. The zero-order chi connectivity index (χ0) is 29.1. The average Bonchev–Trinajstić information content (AvgIpc) is 3.00. The molecule has 41 heavy (non-hydrogen) atoms. The zero-order valence-electron chi connectivity index (χ0n) is 22.1. The first-order valence-corrected chi connectivity index (χ1v) is 14.2. The number of methoxy groups -OCH3 is 1. The van der Waals surface area contributed by atoms with Crippen LogP contribution >= 0.6 is 0 Å². The number of sulfonamides is 1. The third-order valence-corrected chi connectivity index (χ3v) is 8.32.